The molecule has 51 heavy (non-hydrogen) atoms. The molecule has 0 spiro atoms. The van der Waals surface area contributed by atoms with E-state index in [4.69, 9.17) is 13.8 Å². The number of ether oxygens (including phenoxy) is 1. The van der Waals surface area contributed by atoms with Gasteiger partial charge >= 0.3 is 0 Å². The molecule has 0 saturated heterocycles. The third-order valence-corrected chi connectivity index (χ3v) is 9.70. The number of aromatic hydroxyl groups is 1. The zero-order valence-electron chi connectivity index (χ0n) is 27.2. The van der Waals surface area contributed by atoms with Gasteiger partial charge in [0.2, 0.25) is 5.56 Å². The fourth-order valence-corrected chi connectivity index (χ4v) is 6.79. The lowest BCUT2D eigenvalue weighted by Gasteiger charge is -2.16. The van der Waals surface area contributed by atoms with E-state index in [0.29, 0.717) is 42.6 Å². The summed E-state index contributed by atoms with van der Waals surface area (Å²) >= 11 is 0. The van der Waals surface area contributed by atoms with Crippen LogP contribution in [0.15, 0.2) is 106 Å². The molecule has 1 heterocycles. The van der Waals surface area contributed by atoms with E-state index in [0.717, 1.165) is 31.4 Å². The fraction of sp³-hybridized carbons (Fsp3) is 0.286. The van der Waals surface area contributed by atoms with Crippen molar-refractivity contribution in [1.29, 1.82) is 0 Å². The van der Waals surface area contributed by atoms with Crippen molar-refractivity contribution < 1.29 is 49.7 Å². The van der Waals surface area contributed by atoms with Crippen LogP contribution in [0.2, 0.25) is 0 Å². The molecule has 5 rings (SSSR count). The van der Waals surface area contributed by atoms with Crippen molar-refractivity contribution in [2.75, 3.05) is 26.3 Å². The zero-order chi connectivity index (χ0) is 37.2. The van der Waals surface area contributed by atoms with Crippen molar-refractivity contribution in [2.45, 2.75) is 47.5 Å². The van der Waals surface area contributed by atoms with Crippen molar-refractivity contribution in [3.8, 4) is 5.75 Å². The Labute approximate surface area is 293 Å². The Morgan fingerprint density at radius 2 is 1.35 bits per heavy atom. The molecule has 274 valence electrons. The van der Waals surface area contributed by atoms with E-state index in [1.54, 1.807) is 30.3 Å². The molecule has 0 unspecified atom stereocenters. The second-order valence-electron chi connectivity index (χ2n) is 11.6. The van der Waals surface area contributed by atoms with Crippen LogP contribution in [0.1, 0.15) is 42.9 Å². The smallest absolute Gasteiger partial charge is 0.296 e. The molecule has 0 radical (unpaired) electrons. The molecule has 4 aromatic carbocycles. The summed E-state index contributed by atoms with van der Waals surface area (Å²) in [6.07, 6.45) is 2.60. The first-order valence-corrected chi connectivity index (χ1v) is 18.7. The Hall–Kier alpha value is -4.29. The summed E-state index contributed by atoms with van der Waals surface area (Å²) in [5, 5.41) is 24.3. The number of aromatic nitrogens is 1. The number of unbranched alkanes of at least 4 members (excludes halogenated alkanes) is 3. The minimum absolute atomic E-state index is 0.0233. The Morgan fingerprint density at radius 3 is 1.96 bits per heavy atom. The predicted octanol–water partition coefficient (Wildman–Crippen LogP) is 5.56. The molecule has 0 bridgehead atoms. The fourth-order valence-electron chi connectivity index (χ4n) is 5.37. The molecule has 0 aliphatic heterocycles. The average Bonchev–Trinajstić information content (AvgIpc) is 3.08. The van der Waals surface area contributed by atoms with Crippen LogP contribution in [0.25, 0.3) is 21.7 Å². The number of fused-ring (bicyclic) bond motifs is 2. The van der Waals surface area contributed by atoms with E-state index in [2.05, 4.69) is 10.3 Å². The SMILES string of the molecule is O=S(=O)(O)c1cccc2c(S(=O)(=O)O)cccc12.O=c1ccc2c([C@@H](O)CNCCCCCCOCC(F)(F)c3ccccc3)ccc(O)c2[nH]1. The second kappa shape index (κ2) is 17.3. The largest absolute Gasteiger partial charge is 0.506 e. The average molecular weight is 749 g/mol. The Balaban J connectivity index is 0.000000272. The highest BCUT2D eigenvalue weighted by Crippen LogP contribution is 2.30. The van der Waals surface area contributed by atoms with Gasteiger partial charge in [0.25, 0.3) is 26.2 Å². The van der Waals surface area contributed by atoms with Crippen molar-refractivity contribution in [3.05, 3.63) is 112 Å². The van der Waals surface area contributed by atoms with Gasteiger partial charge in [0.05, 0.1) is 11.6 Å². The van der Waals surface area contributed by atoms with Crippen molar-refractivity contribution >= 4 is 41.9 Å². The van der Waals surface area contributed by atoms with E-state index >= 15 is 0 Å². The molecule has 16 heteroatoms. The van der Waals surface area contributed by atoms with Crippen LogP contribution < -0.4 is 10.9 Å². The molecule has 0 aliphatic carbocycles. The molecule has 1 atom stereocenters. The number of benzene rings is 4. The highest BCUT2D eigenvalue weighted by atomic mass is 32.2. The predicted molar refractivity (Wildman–Crippen MR) is 187 cm³/mol. The quantitative estimate of drug-likeness (QED) is 0.0578. The lowest BCUT2D eigenvalue weighted by atomic mass is 10.0. The van der Waals surface area contributed by atoms with E-state index in [9.17, 15) is 40.6 Å². The second-order valence-corrected chi connectivity index (χ2v) is 14.4. The van der Waals surface area contributed by atoms with E-state index in [1.807, 2.05) is 0 Å². The summed E-state index contributed by atoms with van der Waals surface area (Å²) in [5.74, 6) is -3.02. The van der Waals surface area contributed by atoms with Crippen molar-refractivity contribution in [1.82, 2.24) is 10.3 Å². The van der Waals surface area contributed by atoms with Crippen LogP contribution in [0, 0.1) is 0 Å². The number of aliphatic hydroxyl groups is 1. The minimum Gasteiger partial charge on any atom is -0.506 e. The summed E-state index contributed by atoms with van der Waals surface area (Å²) in [5.41, 5.74) is 0.573. The Kier molecular flexibility index (Phi) is 13.4. The van der Waals surface area contributed by atoms with Gasteiger partial charge < -0.3 is 25.3 Å². The van der Waals surface area contributed by atoms with Crippen molar-refractivity contribution in [3.63, 3.8) is 0 Å². The van der Waals surface area contributed by atoms with Gasteiger partial charge in [-0.15, -0.1) is 0 Å². The maximum Gasteiger partial charge on any atom is 0.296 e. The van der Waals surface area contributed by atoms with E-state index in [1.165, 1.54) is 48.5 Å². The summed E-state index contributed by atoms with van der Waals surface area (Å²) < 4.78 is 95.9. The first-order chi connectivity index (χ1) is 24.1. The van der Waals surface area contributed by atoms with Crippen LogP contribution in [-0.2, 0) is 30.9 Å². The molecule has 5 aromatic rings. The third-order valence-electron chi connectivity index (χ3n) is 7.87. The molecule has 0 aliphatic rings. The van der Waals surface area contributed by atoms with Crippen LogP contribution in [0.4, 0.5) is 8.78 Å². The standard InChI is InChI=1S/C25H30F2N2O4.C10H8O6S2/c26-25(27,18-8-4-3-5-9-18)17-33-15-7-2-1-6-14-28-16-22(31)19-10-12-21(30)24-20(19)11-13-23(32)29-24;11-17(12,13)9-5-1-3-7-8(9)4-2-6-10(7)18(14,15)16/h3-5,8-13,22,28,30-31H,1-2,6-7,14-17H2,(H,29,32);1-6H,(H,11,12,13)(H,14,15,16)/t22-;/m0./s1. The van der Waals surface area contributed by atoms with Gasteiger partial charge in [-0.1, -0.05) is 73.5 Å². The Bertz CT molecular complexity index is 2140. The highest BCUT2D eigenvalue weighted by molar-refractivity contribution is 7.86. The molecular weight excluding hydrogens is 711 g/mol. The van der Waals surface area contributed by atoms with Gasteiger partial charge in [-0.25, -0.2) is 0 Å². The first kappa shape index (κ1) is 39.5. The number of rotatable bonds is 15. The molecule has 0 amide bonds. The summed E-state index contributed by atoms with van der Waals surface area (Å²) in [6, 6.07) is 21.2. The summed E-state index contributed by atoms with van der Waals surface area (Å²) in [4.78, 5) is 13.3. The van der Waals surface area contributed by atoms with Gasteiger partial charge in [-0.05, 0) is 49.2 Å². The lowest BCUT2D eigenvalue weighted by Crippen LogP contribution is -2.23. The first-order valence-electron chi connectivity index (χ1n) is 15.8. The van der Waals surface area contributed by atoms with Gasteiger partial charge in [-0.3, -0.25) is 13.9 Å². The number of nitrogens with one attached hydrogen (secondary N) is 2. The number of phenols is 1. The van der Waals surface area contributed by atoms with Gasteiger partial charge in [0.15, 0.2) is 0 Å². The number of halogens is 2. The van der Waals surface area contributed by atoms with Crippen LogP contribution in [-0.4, -0.2) is 67.4 Å². The number of aromatic amines is 1. The monoisotopic (exact) mass is 748 g/mol. The third kappa shape index (κ3) is 10.9. The van der Waals surface area contributed by atoms with Crippen LogP contribution in [0.5, 0.6) is 5.75 Å². The zero-order valence-corrected chi connectivity index (χ0v) is 28.8. The number of phenolic OH excluding ortho intramolecular Hbond substituents is 1. The number of alkyl halides is 2. The maximum absolute atomic E-state index is 14.0. The van der Waals surface area contributed by atoms with Crippen LogP contribution >= 0.6 is 0 Å². The van der Waals surface area contributed by atoms with E-state index in [-0.39, 0.29) is 27.6 Å². The number of hydrogen-bond donors (Lipinski definition) is 6. The van der Waals surface area contributed by atoms with Crippen molar-refractivity contribution in [2.24, 2.45) is 0 Å². The molecular formula is C35H38F2N2O10S2. The Morgan fingerprint density at radius 1 is 0.745 bits per heavy atom. The van der Waals surface area contributed by atoms with Gasteiger partial charge in [0.1, 0.15) is 22.1 Å². The molecule has 6 N–H and O–H groups in total. The minimum atomic E-state index is -4.47. The summed E-state index contributed by atoms with van der Waals surface area (Å²) in [6.45, 7) is 0.717. The number of H-pyrrole nitrogens is 1. The highest BCUT2D eigenvalue weighted by Gasteiger charge is 2.31. The lowest BCUT2D eigenvalue weighted by molar-refractivity contribution is -0.0831. The van der Waals surface area contributed by atoms with E-state index < -0.39 is 48.7 Å². The number of pyridine rings is 1. The molecule has 12 nitrogen and oxygen atoms in total. The maximum atomic E-state index is 14.0. The van der Waals surface area contributed by atoms with Crippen LogP contribution in [0.3, 0.4) is 0 Å². The molecule has 1 aromatic heterocycles. The van der Waals surface area contributed by atoms with Gasteiger partial charge in [0, 0.05) is 40.9 Å². The number of hydrogen-bond acceptors (Lipinski definition) is 9. The topological polar surface area (TPSA) is 203 Å². The summed E-state index contributed by atoms with van der Waals surface area (Å²) in [7, 11) is -8.94. The van der Waals surface area contributed by atoms with Gasteiger partial charge in [-0.2, -0.15) is 25.6 Å². The molecule has 0 fully saturated rings. The normalized spacial score (nSPS) is 12.8. The molecule has 0 saturated carbocycles. The number of aliphatic hydroxyl groups excluding tert-OH is 1.